The fourth-order valence-corrected chi connectivity index (χ4v) is 2.84. The summed E-state index contributed by atoms with van der Waals surface area (Å²) in [5.74, 6) is -0.135. The molecule has 1 aromatic heterocycles. The number of carbonyl (C=O) groups is 1. The van der Waals surface area contributed by atoms with Crippen LogP contribution in [0.15, 0.2) is 12.3 Å². The fraction of sp³-hybridized carbons (Fsp3) is 0.667. The molecular formula is C15H24ClN3O2. The van der Waals surface area contributed by atoms with Crippen molar-refractivity contribution in [1.29, 1.82) is 0 Å². The maximum absolute atomic E-state index is 12.1. The van der Waals surface area contributed by atoms with Crippen molar-refractivity contribution in [2.45, 2.75) is 45.4 Å². The molecule has 2 N–H and O–H groups in total. The van der Waals surface area contributed by atoms with Gasteiger partial charge in [-0.3, -0.25) is 9.69 Å². The van der Waals surface area contributed by atoms with Gasteiger partial charge in [0.15, 0.2) is 0 Å². The van der Waals surface area contributed by atoms with E-state index in [1.54, 1.807) is 12.3 Å². The molecule has 0 aromatic carbocycles. The van der Waals surface area contributed by atoms with E-state index in [-0.39, 0.29) is 23.7 Å². The molecule has 1 aromatic rings. The molecule has 6 heteroatoms. The molecule has 2 rings (SSSR count). The minimum atomic E-state index is -0.135. The monoisotopic (exact) mass is 313 g/mol. The van der Waals surface area contributed by atoms with Crippen LogP contribution < -0.4 is 5.32 Å². The van der Waals surface area contributed by atoms with Crippen LogP contribution in [0, 0.1) is 0 Å². The Bertz CT molecular complexity index is 491. The number of aromatic amines is 1. The van der Waals surface area contributed by atoms with E-state index in [1.807, 2.05) is 0 Å². The second-order valence-corrected chi connectivity index (χ2v) is 6.83. The summed E-state index contributed by atoms with van der Waals surface area (Å²) in [6.07, 6.45) is 2.03. The number of hydrogen-bond donors (Lipinski definition) is 2. The molecule has 5 nitrogen and oxygen atoms in total. The lowest BCUT2D eigenvalue weighted by molar-refractivity contribution is -0.0948. The number of rotatable bonds is 4. The first-order valence-corrected chi connectivity index (χ1v) is 7.68. The number of nitrogens with one attached hydrogen (secondary N) is 2. The lowest BCUT2D eigenvalue weighted by Crippen LogP contribution is -2.58. The van der Waals surface area contributed by atoms with Crippen LogP contribution in [0.25, 0.3) is 0 Å². The molecule has 1 fully saturated rings. The smallest absolute Gasteiger partial charge is 0.267 e. The summed E-state index contributed by atoms with van der Waals surface area (Å²) in [7, 11) is 0. The maximum Gasteiger partial charge on any atom is 0.267 e. The molecule has 2 atom stereocenters. The van der Waals surface area contributed by atoms with Gasteiger partial charge >= 0.3 is 0 Å². The third-order valence-corrected chi connectivity index (χ3v) is 4.07. The van der Waals surface area contributed by atoms with Crippen LogP contribution >= 0.6 is 11.6 Å². The number of hydrogen-bond acceptors (Lipinski definition) is 3. The highest BCUT2D eigenvalue weighted by Gasteiger charge is 2.33. The Morgan fingerprint density at radius 2 is 2.10 bits per heavy atom. The van der Waals surface area contributed by atoms with Crippen molar-refractivity contribution < 1.29 is 9.53 Å². The first-order chi connectivity index (χ1) is 9.78. The summed E-state index contributed by atoms with van der Waals surface area (Å²) in [6, 6.07) is 1.63. The molecule has 0 spiro atoms. The van der Waals surface area contributed by atoms with Crippen LogP contribution in [0.3, 0.4) is 0 Å². The van der Waals surface area contributed by atoms with Crippen molar-refractivity contribution in [1.82, 2.24) is 15.2 Å². The number of ether oxygens (including phenoxy) is 1. The number of nitrogens with zero attached hydrogens (tertiary/aromatic N) is 1. The third kappa shape index (κ3) is 4.22. The molecule has 21 heavy (non-hydrogen) atoms. The van der Waals surface area contributed by atoms with Crippen LogP contribution in [-0.2, 0) is 4.74 Å². The number of morpholine rings is 1. The number of halogens is 1. The van der Waals surface area contributed by atoms with Crippen LogP contribution in [-0.4, -0.2) is 53.2 Å². The summed E-state index contributed by atoms with van der Waals surface area (Å²) >= 11 is 5.81. The second kappa shape index (κ2) is 6.38. The predicted molar refractivity (Wildman–Crippen MR) is 83.8 cm³/mol. The second-order valence-electron chi connectivity index (χ2n) is 6.39. The van der Waals surface area contributed by atoms with Gasteiger partial charge in [-0.2, -0.15) is 0 Å². The van der Waals surface area contributed by atoms with E-state index in [0.717, 1.165) is 13.1 Å². The Morgan fingerprint density at radius 1 is 1.48 bits per heavy atom. The standard InChI is InChI=1S/C15H24ClN3O2/c1-10-7-19(8-11(2)21-10)15(3,4)9-18-14(20)13-5-12(16)6-17-13/h5-6,10-11,17H,7-9H2,1-4H3,(H,18,20)/t10-,11-/m1/s1. The lowest BCUT2D eigenvalue weighted by atomic mass is 10.00. The molecule has 1 aliphatic rings. The summed E-state index contributed by atoms with van der Waals surface area (Å²) in [4.78, 5) is 17.3. The Balaban J connectivity index is 1.92. The van der Waals surface area contributed by atoms with Gasteiger partial charge in [-0.25, -0.2) is 0 Å². The minimum Gasteiger partial charge on any atom is -0.373 e. The lowest BCUT2D eigenvalue weighted by Gasteiger charge is -2.45. The zero-order valence-corrected chi connectivity index (χ0v) is 13.8. The van der Waals surface area contributed by atoms with Gasteiger partial charge in [-0.1, -0.05) is 11.6 Å². The summed E-state index contributed by atoms with van der Waals surface area (Å²) in [5, 5.41) is 3.51. The summed E-state index contributed by atoms with van der Waals surface area (Å²) in [5.41, 5.74) is 0.359. The molecular weight excluding hydrogens is 290 g/mol. The van der Waals surface area contributed by atoms with Gasteiger partial charge in [0.2, 0.25) is 0 Å². The van der Waals surface area contributed by atoms with E-state index in [9.17, 15) is 4.79 Å². The topological polar surface area (TPSA) is 57.4 Å². The van der Waals surface area contributed by atoms with Crippen molar-refractivity contribution in [2.75, 3.05) is 19.6 Å². The van der Waals surface area contributed by atoms with Crippen LogP contribution in [0.1, 0.15) is 38.2 Å². The van der Waals surface area contributed by atoms with Gasteiger partial charge < -0.3 is 15.0 Å². The third-order valence-electron chi connectivity index (χ3n) is 3.85. The number of amides is 1. The highest BCUT2D eigenvalue weighted by atomic mass is 35.5. The average molecular weight is 314 g/mol. The first-order valence-electron chi connectivity index (χ1n) is 7.30. The SMILES string of the molecule is C[C@@H]1CN(C(C)(C)CNC(=O)c2cc(Cl)c[nH]2)C[C@@H](C)O1. The largest absolute Gasteiger partial charge is 0.373 e. The molecule has 0 bridgehead atoms. The zero-order valence-electron chi connectivity index (χ0n) is 13.1. The van der Waals surface area contributed by atoms with Crippen LogP contribution in [0.5, 0.6) is 0 Å². The summed E-state index contributed by atoms with van der Waals surface area (Å²) < 4.78 is 5.76. The molecule has 118 valence electrons. The van der Waals surface area contributed by atoms with Crippen molar-refractivity contribution in [3.8, 4) is 0 Å². The molecule has 0 radical (unpaired) electrons. The van der Waals surface area contributed by atoms with Crippen LogP contribution in [0.4, 0.5) is 0 Å². The Morgan fingerprint density at radius 3 is 2.62 bits per heavy atom. The highest BCUT2D eigenvalue weighted by molar-refractivity contribution is 6.30. The predicted octanol–water partition coefficient (Wildman–Crippen LogP) is 2.29. The number of carbonyl (C=O) groups excluding carboxylic acids is 1. The quantitative estimate of drug-likeness (QED) is 0.896. The van der Waals surface area contributed by atoms with E-state index in [1.165, 1.54) is 0 Å². The zero-order chi connectivity index (χ0) is 15.6. The maximum atomic E-state index is 12.1. The van der Waals surface area contributed by atoms with Crippen molar-refractivity contribution in [3.05, 3.63) is 23.0 Å². The van der Waals surface area contributed by atoms with E-state index in [2.05, 4.69) is 42.9 Å². The van der Waals surface area contributed by atoms with E-state index in [4.69, 9.17) is 16.3 Å². The van der Waals surface area contributed by atoms with Crippen LogP contribution in [0.2, 0.25) is 5.02 Å². The van der Waals surface area contributed by atoms with Crippen molar-refractivity contribution in [2.24, 2.45) is 0 Å². The molecule has 1 saturated heterocycles. The van der Waals surface area contributed by atoms with Gasteiger partial charge in [0, 0.05) is 31.4 Å². The van der Waals surface area contributed by atoms with E-state index < -0.39 is 0 Å². The Kier molecular flexibility index (Phi) is 4.96. The highest BCUT2D eigenvalue weighted by Crippen LogP contribution is 2.20. The van der Waals surface area contributed by atoms with E-state index in [0.29, 0.717) is 17.3 Å². The molecule has 1 amide bonds. The molecule has 2 heterocycles. The van der Waals surface area contributed by atoms with Gasteiger partial charge in [0.1, 0.15) is 5.69 Å². The van der Waals surface area contributed by atoms with Gasteiger partial charge in [-0.15, -0.1) is 0 Å². The minimum absolute atomic E-state index is 0.127. The summed E-state index contributed by atoms with van der Waals surface area (Å²) in [6.45, 7) is 10.8. The molecule has 1 aliphatic heterocycles. The molecule has 0 aliphatic carbocycles. The number of H-pyrrole nitrogens is 1. The van der Waals surface area contributed by atoms with E-state index >= 15 is 0 Å². The van der Waals surface area contributed by atoms with Crippen molar-refractivity contribution >= 4 is 17.5 Å². The van der Waals surface area contributed by atoms with Gasteiger partial charge in [-0.05, 0) is 33.8 Å². The van der Waals surface area contributed by atoms with Gasteiger partial charge in [0.25, 0.3) is 5.91 Å². The molecule has 0 saturated carbocycles. The Hall–Kier alpha value is -1.04. The van der Waals surface area contributed by atoms with Crippen molar-refractivity contribution in [3.63, 3.8) is 0 Å². The first kappa shape index (κ1) is 16.3. The Labute approximate surface area is 131 Å². The molecule has 0 unspecified atom stereocenters. The number of aromatic nitrogens is 1. The normalized spacial score (nSPS) is 24.0. The average Bonchev–Trinajstić information content (AvgIpc) is 2.82. The van der Waals surface area contributed by atoms with Gasteiger partial charge in [0.05, 0.1) is 17.2 Å². The fourth-order valence-electron chi connectivity index (χ4n) is 2.67.